The Kier molecular flexibility index (Phi) is 4.72. The second kappa shape index (κ2) is 6.07. The quantitative estimate of drug-likeness (QED) is 0.594. The van der Waals surface area contributed by atoms with Crippen molar-refractivity contribution in [2.45, 2.75) is 12.8 Å². The molecule has 0 aromatic heterocycles. The number of halogens is 1. The molecule has 88 valence electrons. The van der Waals surface area contributed by atoms with Crippen LogP contribution in [-0.2, 0) is 9.53 Å². The number of ether oxygens (including phenoxy) is 1. The van der Waals surface area contributed by atoms with Gasteiger partial charge in [-0.15, -0.1) is 0 Å². The highest BCUT2D eigenvalue weighted by Crippen LogP contribution is 2.19. The highest BCUT2D eigenvalue weighted by atomic mass is 19.1. The molecular formula is C11H15FN2O2. The van der Waals surface area contributed by atoms with Gasteiger partial charge in [0.15, 0.2) is 0 Å². The van der Waals surface area contributed by atoms with Gasteiger partial charge in [0.2, 0.25) is 5.91 Å². The average Bonchev–Trinajstić information content (AvgIpc) is 2.24. The summed E-state index contributed by atoms with van der Waals surface area (Å²) in [7, 11) is 1.57. The number of nitrogen functional groups attached to an aromatic ring is 1. The van der Waals surface area contributed by atoms with Crippen LogP contribution in [0.4, 0.5) is 15.8 Å². The van der Waals surface area contributed by atoms with Gasteiger partial charge in [-0.05, 0) is 24.6 Å². The molecule has 16 heavy (non-hydrogen) atoms. The van der Waals surface area contributed by atoms with Gasteiger partial charge in [0.1, 0.15) is 5.82 Å². The van der Waals surface area contributed by atoms with Crippen molar-refractivity contribution < 1.29 is 13.9 Å². The maximum absolute atomic E-state index is 12.9. The Morgan fingerprint density at radius 2 is 2.31 bits per heavy atom. The molecule has 3 N–H and O–H groups in total. The number of nitrogens with one attached hydrogen (secondary N) is 1. The smallest absolute Gasteiger partial charge is 0.224 e. The standard InChI is InChI=1S/C11H15FN2O2/c1-16-6-2-3-11(15)14-10-7-8(12)4-5-9(10)13/h4-5,7H,2-3,6,13H2,1H3,(H,14,15). The molecule has 0 aliphatic heterocycles. The summed E-state index contributed by atoms with van der Waals surface area (Å²) in [5.74, 6) is -0.629. The van der Waals surface area contributed by atoms with E-state index in [1.54, 1.807) is 7.11 Å². The lowest BCUT2D eigenvalue weighted by atomic mass is 10.2. The normalized spacial score (nSPS) is 10.1. The lowest BCUT2D eigenvalue weighted by Gasteiger charge is -2.07. The Morgan fingerprint density at radius 3 is 3.00 bits per heavy atom. The molecule has 0 saturated heterocycles. The minimum atomic E-state index is -0.429. The average molecular weight is 226 g/mol. The number of rotatable bonds is 5. The van der Waals surface area contributed by atoms with Crippen LogP contribution >= 0.6 is 0 Å². The van der Waals surface area contributed by atoms with Gasteiger partial charge in [0, 0.05) is 20.1 Å². The first-order valence-electron chi connectivity index (χ1n) is 4.97. The van der Waals surface area contributed by atoms with Gasteiger partial charge in [-0.3, -0.25) is 4.79 Å². The van der Waals surface area contributed by atoms with Crippen LogP contribution in [0.1, 0.15) is 12.8 Å². The lowest BCUT2D eigenvalue weighted by Crippen LogP contribution is -2.13. The highest BCUT2D eigenvalue weighted by molar-refractivity contribution is 5.93. The second-order valence-electron chi connectivity index (χ2n) is 3.38. The molecule has 0 saturated carbocycles. The SMILES string of the molecule is COCCCC(=O)Nc1cc(F)ccc1N. The zero-order valence-electron chi connectivity index (χ0n) is 9.13. The van der Waals surface area contributed by atoms with E-state index < -0.39 is 5.82 Å². The predicted octanol–water partition coefficient (Wildman–Crippen LogP) is 1.77. The predicted molar refractivity (Wildman–Crippen MR) is 60.6 cm³/mol. The molecule has 1 aromatic rings. The molecule has 1 amide bonds. The van der Waals surface area contributed by atoms with E-state index in [0.29, 0.717) is 30.8 Å². The number of benzene rings is 1. The van der Waals surface area contributed by atoms with Gasteiger partial charge in [-0.2, -0.15) is 0 Å². The number of carbonyl (C=O) groups is 1. The molecule has 0 fully saturated rings. The van der Waals surface area contributed by atoms with Crippen LogP contribution in [0.5, 0.6) is 0 Å². The van der Waals surface area contributed by atoms with Crippen LogP contribution in [0, 0.1) is 5.82 Å². The van der Waals surface area contributed by atoms with Crippen molar-refractivity contribution in [3.8, 4) is 0 Å². The molecule has 0 bridgehead atoms. The van der Waals surface area contributed by atoms with Crippen LogP contribution in [0.2, 0.25) is 0 Å². The van der Waals surface area contributed by atoms with Gasteiger partial charge >= 0.3 is 0 Å². The number of anilines is 2. The first-order chi connectivity index (χ1) is 7.63. The van der Waals surface area contributed by atoms with E-state index >= 15 is 0 Å². The molecule has 0 spiro atoms. The summed E-state index contributed by atoms with van der Waals surface area (Å²) in [6, 6.07) is 3.86. The maximum atomic E-state index is 12.9. The first-order valence-corrected chi connectivity index (χ1v) is 4.97. The fourth-order valence-electron chi connectivity index (χ4n) is 1.23. The van der Waals surface area contributed by atoms with Crippen molar-refractivity contribution in [1.29, 1.82) is 0 Å². The summed E-state index contributed by atoms with van der Waals surface area (Å²) in [6.45, 7) is 0.520. The first kappa shape index (κ1) is 12.4. The van der Waals surface area contributed by atoms with Crippen LogP contribution in [0.15, 0.2) is 18.2 Å². The second-order valence-corrected chi connectivity index (χ2v) is 3.38. The number of hydrogen-bond acceptors (Lipinski definition) is 3. The molecule has 0 atom stereocenters. The van der Waals surface area contributed by atoms with Crippen molar-refractivity contribution in [3.05, 3.63) is 24.0 Å². The van der Waals surface area contributed by atoms with E-state index in [9.17, 15) is 9.18 Å². The third kappa shape index (κ3) is 3.86. The summed E-state index contributed by atoms with van der Waals surface area (Å²) in [4.78, 5) is 11.4. The molecule has 0 heterocycles. The van der Waals surface area contributed by atoms with E-state index in [2.05, 4.69) is 5.32 Å². The van der Waals surface area contributed by atoms with Gasteiger partial charge in [0.05, 0.1) is 11.4 Å². The van der Waals surface area contributed by atoms with E-state index in [1.165, 1.54) is 18.2 Å². The zero-order chi connectivity index (χ0) is 12.0. The molecular weight excluding hydrogens is 211 g/mol. The van der Waals surface area contributed by atoms with Gasteiger partial charge in [-0.1, -0.05) is 0 Å². The summed E-state index contributed by atoms with van der Waals surface area (Å²) >= 11 is 0. The molecule has 0 radical (unpaired) electrons. The third-order valence-electron chi connectivity index (χ3n) is 2.04. The number of hydrogen-bond donors (Lipinski definition) is 2. The number of methoxy groups -OCH3 is 1. The van der Waals surface area contributed by atoms with Crippen molar-refractivity contribution in [3.63, 3.8) is 0 Å². The van der Waals surface area contributed by atoms with Crippen LogP contribution in [-0.4, -0.2) is 19.6 Å². The summed E-state index contributed by atoms with van der Waals surface area (Å²) in [6.07, 6.45) is 0.946. The summed E-state index contributed by atoms with van der Waals surface area (Å²) in [5.41, 5.74) is 6.24. The van der Waals surface area contributed by atoms with Gasteiger partial charge in [-0.25, -0.2) is 4.39 Å². The van der Waals surface area contributed by atoms with E-state index in [0.717, 1.165) is 0 Å². The molecule has 0 aliphatic carbocycles. The Bertz CT molecular complexity index is 369. The minimum absolute atomic E-state index is 0.200. The molecule has 4 nitrogen and oxygen atoms in total. The monoisotopic (exact) mass is 226 g/mol. The van der Waals surface area contributed by atoms with Crippen LogP contribution in [0.3, 0.4) is 0 Å². The van der Waals surface area contributed by atoms with E-state index in [4.69, 9.17) is 10.5 Å². The fourth-order valence-corrected chi connectivity index (χ4v) is 1.23. The molecule has 0 aliphatic rings. The summed E-state index contributed by atoms with van der Waals surface area (Å²) in [5, 5.41) is 2.55. The third-order valence-corrected chi connectivity index (χ3v) is 2.04. The molecule has 0 unspecified atom stereocenters. The van der Waals surface area contributed by atoms with Crippen molar-refractivity contribution in [1.82, 2.24) is 0 Å². The largest absolute Gasteiger partial charge is 0.397 e. The van der Waals surface area contributed by atoms with Crippen molar-refractivity contribution in [2.75, 3.05) is 24.8 Å². The number of amides is 1. The Morgan fingerprint density at radius 1 is 1.56 bits per heavy atom. The van der Waals surface area contributed by atoms with Crippen LogP contribution < -0.4 is 11.1 Å². The van der Waals surface area contributed by atoms with Crippen LogP contribution in [0.25, 0.3) is 0 Å². The zero-order valence-corrected chi connectivity index (χ0v) is 9.13. The number of nitrogens with two attached hydrogens (primary N) is 1. The lowest BCUT2D eigenvalue weighted by molar-refractivity contribution is -0.116. The van der Waals surface area contributed by atoms with Crippen molar-refractivity contribution >= 4 is 17.3 Å². The van der Waals surface area contributed by atoms with Gasteiger partial charge < -0.3 is 15.8 Å². The minimum Gasteiger partial charge on any atom is -0.397 e. The number of carbonyl (C=O) groups excluding carboxylic acids is 1. The van der Waals surface area contributed by atoms with E-state index in [-0.39, 0.29) is 5.91 Å². The molecule has 5 heteroatoms. The van der Waals surface area contributed by atoms with Gasteiger partial charge in [0.25, 0.3) is 0 Å². The summed E-state index contributed by atoms with van der Waals surface area (Å²) < 4.78 is 17.7. The topological polar surface area (TPSA) is 64.3 Å². The van der Waals surface area contributed by atoms with Crippen molar-refractivity contribution in [2.24, 2.45) is 0 Å². The Hall–Kier alpha value is -1.62. The van der Waals surface area contributed by atoms with E-state index in [1.807, 2.05) is 0 Å². The maximum Gasteiger partial charge on any atom is 0.224 e. The fraction of sp³-hybridized carbons (Fsp3) is 0.364. The molecule has 1 rings (SSSR count). The highest BCUT2D eigenvalue weighted by Gasteiger charge is 2.05. The Balaban J connectivity index is 2.52. The molecule has 1 aromatic carbocycles. The Labute approximate surface area is 93.6 Å².